The molecule has 7 heteroatoms. The van der Waals surface area contributed by atoms with Crippen molar-refractivity contribution >= 4 is 22.6 Å². The van der Waals surface area contributed by atoms with Crippen molar-refractivity contribution < 1.29 is 4.79 Å². The number of hydrogen-bond donors (Lipinski definition) is 4. The number of benzene rings is 2. The lowest BCUT2D eigenvalue weighted by molar-refractivity contribution is 0.100. The van der Waals surface area contributed by atoms with Gasteiger partial charge in [-0.25, -0.2) is 0 Å². The molecule has 1 amide bonds. The molecule has 0 bridgehead atoms. The average Bonchev–Trinajstić information content (AvgIpc) is 3.39. The first-order valence-electron chi connectivity index (χ1n) is 9.49. The van der Waals surface area contributed by atoms with Crippen LogP contribution in [-0.4, -0.2) is 21.9 Å². The second-order valence-electron chi connectivity index (χ2n) is 7.07. The fourth-order valence-electron chi connectivity index (χ4n) is 3.80. The molecule has 29 heavy (non-hydrogen) atoms. The quantitative estimate of drug-likeness (QED) is 0.554. The summed E-state index contributed by atoms with van der Waals surface area (Å²) in [4.78, 5) is 16.6. The predicted octanol–water partition coefficient (Wildman–Crippen LogP) is 2.67. The zero-order valence-electron chi connectivity index (χ0n) is 15.6. The van der Waals surface area contributed by atoms with Crippen LogP contribution in [-0.2, 0) is 6.54 Å². The zero-order chi connectivity index (χ0) is 19.8. The number of para-hydroxylation sites is 1. The number of nitrogens with two attached hydrogens (primary N) is 1. The van der Waals surface area contributed by atoms with Gasteiger partial charge in [0, 0.05) is 16.7 Å². The van der Waals surface area contributed by atoms with E-state index in [1.807, 2.05) is 30.3 Å². The summed E-state index contributed by atoms with van der Waals surface area (Å²) in [6.45, 7) is 0.599. The first-order valence-corrected chi connectivity index (χ1v) is 9.49. The van der Waals surface area contributed by atoms with E-state index in [1.54, 1.807) is 6.07 Å². The summed E-state index contributed by atoms with van der Waals surface area (Å²) in [6.07, 6.45) is 4.79. The number of primary amides is 1. The molecule has 1 atom stereocenters. The van der Waals surface area contributed by atoms with Crippen LogP contribution >= 0.6 is 0 Å². The van der Waals surface area contributed by atoms with Gasteiger partial charge in [-0.2, -0.15) is 5.10 Å². The van der Waals surface area contributed by atoms with Crippen molar-refractivity contribution in [3.8, 4) is 0 Å². The van der Waals surface area contributed by atoms with Crippen LogP contribution in [0, 0.1) is 0 Å². The highest BCUT2D eigenvalue weighted by molar-refractivity contribution is 6.06. The number of allylic oxidation sites excluding steroid dienone is 2. The van der Waals surface area contributed by atoms with Gasteiger partial charge in [0.05, 0.1) is 17.8 Å². The summed E-state index contributed by atoms with van der Waals surface area (Å²) in [5.74, 6) is 0.374. The molecule has 2 aliphatic rings. The second kappa shape index (κ2) is 6.94. The highest BCUT2D eigenvalue weighted by Gasteiger charge is 2.28. The van der Waals surface area contributed by atoms with Crippen LogP contribution in [0.15, 0.2) is 76.9 Å². The molecule has 1 aliphatic carbocycles. The maximum atomic E-state index is 11.7. The van der Waals surface area contributed by atoms with Crippen LogP contribution in [0.4, 0.5) is 0 Å². The second-order valence-corrected chi connectivity index (χ2v) is 7.07. The molecule has 0 radical (unpaired) electrons. The number of H-pyrrole nitrogens is 1. The smallest absolute Gasteiger partial charge is 0.250 e. The van der Waals surface area contributed by atoms with Crippen molar-refractivity contribution in [2.75, 3.05) is 0 Å². The van der Waals surface area contributed by atoms with Gasteiger partial charge in [-0.3, -0.25) is 14.9 Å². The van der Waals surface area contributed by atoms with Crippen molar-refractivity contribution in [1.82, 2.24) is 20.8 Å². The Kier molecular flexibility index (Phi) is 4.13. The number of carbonyl (C=O) groups excluding carboxylic acids is 1. The Balaban J connectivity index is 1.51. The molecular formula is C22H20N6O. The zero-order valence-corrected chi connectivity index (χ0v) is 15.6. The lowest BCUT2D eigenvalue weighted by Crippen LogP contribution is -2.43. The molecule has 2 aromatic carbocycles. The van der Waals surface area contributed by atoms with Gasteiger partial charge in [0.2, 0.25) is 0 Å². The SMILES string of the molecule is NC(=O)c1cccc2c(C3NC(=NCc4ccccc4)C4=C(C=CC4)N3)[nH]nc12. The number of amides is 1. The Morgan fingerprint density at radius 1 is 1.14 bits per heavy atom. The molecule has 5 N–H and O–H groups in total. The van der Waals surface area contributed by atoms with Crippen LogP contribution < -0.4 is 16.4 Å². The largest absolute Gasteiger partial charge is 0.366 e. The third kappa shape index (κ3) is 3.06. The number of nitrogens with one attached hydrogen (secondary N) is 3. The van der Waals surface area contributed by atoms with Gasteiger partial charge in [0.1, 0.15) is 17.5 Å². The van der Waals surface area contributed by atoms with Crippen LogP contribution in [0.3, 0.4) is 0 Å². The predicted molar refractivity (Wildman–Crippen MR) is 112 cm³/mol. The normalized spacial score (nSPS) is 19.3. The molecule has 1 unspecified atom stereocenters. The van der Waals surface area contributed by atoms with Crippen LogP contribution in [0.25, 0.3) is 10.9 Å². The molecule has 0 saturated heterocycles. The fourth-order valence-corrected chi connectivity index (χ4v) is 3.80. The summed E-state index contributed by atoms with van der Waals surface area (Å²) in [7, 11) is 0. The topological polar surface area (TPSA) is 108 Å². The molecule has 144 valence electrons. The van der Waals surface area contributed by atoms with Crippen LogP contribution in [0.5, 0.6) is 0 Å². The number of rotatable bonds is 4. The van der Waals surface area contributed by atoms with E-state index in [2.05, 4.69) is 45.1 Å². The molecule has 3 aromatic rings. The van der Waals surface area contributed by atoms with E-state index in [9.17, 15) is 4.79 Å². The lowest BCUT2D eigenvalue weighted by atomic mass is 10.1. The van der Waals surface area contributed by atoms with E-state index in [0.29, 0.717) is 17.6 Å². The number of aromatic amines is 1. The van der Waals surface area contributed by atoms with Crippen LogP contribution in [0.2, 0.25) is 0 Å². The Hall–Kier alpha value is -3.87. The molecule has 1 aliphatic heterocycles. The Labute approximate surface area is 167 Å². The average molecular weight is 384 g/mol. The maximum absolute atomic E-state index is 11.7. The molecular weight excluding hydrogens is 364 g/mol. The Bertz CT molecular complexity index is 1190. The van der Waals surface area contributed by atoms with Gasteiger partial charge < -0.3 is 16.4 Å². The van der Waals surface area contributed by atoms with E-state index in [0.717, 1.165) is 40.2 Å². The first kappa shape index (κ1) is 17.2. The standard InChI is InChI=1S/C22H20N6O/c23-20(29)16-10-4-9-15-18(16)27-28-19(15)22-25-17-11-5-8-14(17)21(26-22)24-12-13-6-2-1-3-7-13/h1-7,9-11,22,25H,8,12H2,(H2,23,29)(H,24,26)(H,27,28). The number of hydrogen-bond acceptors (Lipinski definition) is 4. The van der Waals surface area contributed by atoms with E-state index in [-0.39, 0.29) is 6.17 Å². The van der Waals surface area contributed by atoms with Crippen molar-refractivity contribution in [1.29, 1.82) is 0 Å². The van der Waals surface area contributed by atoms with Gasteiger partial charge in [-0.15, -0.1) is 0 Å². The minimum Gasteiger partial charge on any atom is -0.366 e. The Morgan fingerprint density at radius 3 is 2.83 bits per heavy atom. The summed E-state index contributed by atoms with van der Waals surface area (Å²) >= 11 is 0. The third-order valence-electron chi connectivity index (χ3n) is 5.23. The van der Waals surface area contributed by atoms with E-state index in [1.165, 1.54) is 0 Å². The molecule has 7 nitrogen and oxygen atoms in total. The third-order valence-corrected chi connectivity index (χ3v) is 5.23. The number of carbonyl (C=O) groups is 1. The lowest BCUT2D eigenvalue weighted by Gasteiger charge is -2.29. The number of aliphatic imine (C=N–C) groups is 1. The number of fused-ring (bicyclic) bond motifs is 1. The molecule has 0 saturated carbocycles. The molecule has 0 fully saturated rings. The molecule has 2 heterocycles. The van der Waals surface area contributed by atoms with Crippen molar-refractivity contribution in [2.45, 2.75) is 19.1 Å². The van der Waals surface area contributed by atoms with Crippen molar-refractivity contribution in [3.63, 3.8) is 0 Å². The van der Waals surface area contributed by atoms with Gasteiger partial charge in [-0.1, -0.05) is 48.5 Å². The van der Waals surface area contributed by atoms with Gasteiger partial charge >= 0.3 is 0 Å². The molecule has 0 spiro atoms. The van der Waals surface area contributed by atoms with Crippen molar-refractivity contribution in [3.05, 3.63) is 88.8 Å². The van der Waals surface area contributed by atoms with Crippen molar-refractivity contribution in [2.24, 2.45) is 10.7 Å². The number of aromatic nitrogens is 2. The minimum atomic E-state index is -0.493. The number of amidine groups is 1. The Morgan fingerprint density at radius 2 is 2.00 bits per heavy atom. The monoisotopic (exact) mass is 384 g/mol. The highest BCUT2D eigenvalue weighted by Crippen LogP contribution is 2.29. The summed E-state index contributed by atoms with van der Waals surface area (Å²) in [5, 5.41) is 15.2. The van der Waals surface area contributed by atoms with Crippen LogP contribution in [0.1, 0.15) is 34.2 Å². The van der Waals surface area contributed by atoms with Gasteiger partial charge in [-0.05, 0) is 24.1 Å². The van der Waals surface area contributed by atoms with Gasteiger partial charge in [0.15, 0.2) is 0 Å². The fraction of sp³-hybridized carbons (Fsp3) is 0.136. The maximum Gasteiger partial charge on any atom is 0.250 e. The minimum absolute atomic E-state index is 0.251. The van der Waals surface area contributed by atoms with E-state index < -0.39 is 5.91 Å². The molecule has 5 rings (SSSR count). The van der Waals surface area contributed by atoms with E-state index >= 15 is 0 Å². The van der Waals surface area contributed by atoms with E-state index in [4.69, 9.17) is 10.7 Å². The summed E-state index contributed by atoms with van der Waals surface area (Å²) in [5.41, 5.74) is 10.7. The number of nitrogens with zero attached hydrogens (tertiary/aromatic N) is 2. The first-order chi connectivity index (χ1) is 14.2. The highest BCUT2D eigenvalue weighted by atomic mass is 16.1. The molecule has 1 aromatic heterocycles. The summed E-state index contributed by atoms with van der Waals surface area (Å²) < 4.78 is 0. The summed E-state index contributed by atoms with van der Waals surface area (Å²) in [6, 6.07) is 15.6. The van der Waals surface area contributed by atoms with Gasteiger partial charge in [0.25, 0.3) is 5.91 Å².